The van der Waals surface area contributed by atoms with Gasteiger partial charge < -0.3 is 24.8 Å². The predicted molar refractivity (Wildman–Crippen MR) is 149 cm³/mol. The summed E-state index contributed by atoms with van der Waals surface area (Å²) in [7, 11) is 0. The number of halogens is 2. The molecule has 1 aliphatic carbocycles. The second-order valence-corrected chi connectivity index (χ2v) is 12.2. The molecule has 3 heteroatoms. The Labute approximate surface area is 252 Å². The molecule has 5 rings (SSSR count). The Bertz CT molecular complexity index is 1130. The molecule has 194 valence electrons. The van der Waals surface area contributed by atoms with Gasteiger partial charge in [0.2, 0.25) is 0 Å². The van der Waals surface area contributed by atoms with Crippen molar-refractivity contribution in [2.24, 2.45) is 0 Å². The van der Waals surface area contributed by atoms with Gasteiger partial charge in [0.25, 0.3) is 0 Å². The van der Waals surface area contributed by atoms with Crippen LogP contribution in [0.2, 0.25) is 0 Å². The standard InChI is InChI=1S/C21H25.C8H8.C5H5.2ClH.Zr/c1-20(2,3)16-7-9-18-14(12-16)11-15-13-17(21(4,5)6)8-10-19(15)18;1-2-8-6-4-3-5-7-8;1-2-4-5-3-1;;;/h7-10,12H,11H2,1-6H3;1,3-7H,2H2;1-5H;2*1H;/q-1;;-1;;;+2/p-2. The molecule has 0 atom stereocenters. The molecule has 0 saturated heterocycles. The van der Waals surface area contributed by atoms with E-state index in [1.165, 1.54) is 63.2 Å². The maximum absolute atomic E-state index is 3.67. The van der Waals surface area contributed by atoms with Gasteiger partial charge in [-0.05, 0) is 28.4 Å². The molecule has 37 heavy (non-hydrogen) atoms. The monoisotopic (exact) mass is 606 g/mol. The first-order valence-corrected chi connectivity index (χ1v) is 13.9. The SMILES string of the molecule is CC(C)(C)c1[c-]c2c(cc1)-c1ccc(C(C)(C)C)cc1C2.[Cl-].[Cl-].[Zr+2]=[CH]Cc1ccccc1.c1cc[cH-]c1. The van der Waals surface area contributed by atoms with Gasteiger partial charge in [-0.1, -0.05) is 65.3 Å². The van der Waals surface area contributed by atoms with E-state index in [2.05, 4.69) is 106 Å². The summed E-state index contributed by atoms with van der Waals surface area (Å²) in [5, 5.41) is 0. The summed E-state index contributed by atoms with van der Waals surface area (Å²) in [6.07, 6.45) is 2.15. The first-order valence-electron chi connectivity index (χ1n) is 12.5. The largest absolute Gasteiger partial charge is 0.214 e. The van der Waals surface area contributed by atoms with Gasteiger partial charge in [0.15, 0.2) is 0 Å². The van der Waals surface area contributed by atoms with Crippen molar-refractivity contribution in [2.75, 3.05) is 0 Å². The van der Waals surface area contributed by atoms with Crippen LogP contribution in [0, 0.1) is 6.07 Å². The Morgan fingerprint density at radius 2 is 1.41 bits per heavy atom. The van der Waals surface area contributed by atoms with Gasteiger partial charge in [-0.3, -0.25) is 0 Å². The van der Waals surface area contributed by atoms with Gasteiger partial charge >= 0.3 is 70.3 Å². The number of fused-ring (bicyclic) bond motifs is 3. The second-order valence-electron chi connectivity index (χ2n) is 11.2. The minimum absolute atomic E-state index is 0. The van der Waals surface area contributed by atoms with E-state index in [1.54, 1.807) is 0 Å². The summed E-state index contributed by atoms with van der Waals surface area (Å²) >= 11 is 1.51. The minimum atomic E-state index is 0. The van der Waals surface area contributed by atoms with E-state index in [0.29, 0.717) is 0 Å². The van der Waals surface area contributed by atoms with E-state index in [4.69, 9.17) is 0 Å². The zero-order chi connectivity index (χ0) is 25.5. The molecule has 0 fully saturated rings. The average molecular weight is 609 g/mol. The zero-order valence-corrected chi connectivity index (χ0v) is 26.9. The number of rotatable bonds is 2. The molecule has 4 aromatic carbocycles. The van der Waals surface area contributed by atoms with E-state index >= 15 is 0 Å². The normalized spacial score (nSPS) is 11.2. The summed E-state index contributed by atoms with van der Waals surface area (Å²) in [6.45, 7) is 13.6. The fraction of sp³-hybridized carbons (Fsp3) is 0.294. The quantitative estimate of drug-likeness (QED) is 0.271. The van der Waals surface area contributed by atoms with Crippen LogP contribution < -0.4 is 24.8 Å². The van der Waals surface area contributed by atoms with Crippen molar-refractivity contribution in [1.29, 1.82) is 0 Å². The van der Waals surface area contributed by atoms with Crippen LogP contribution in [0.1, 0.15) is 69.4 Å². The third-order valence-corrected chi connectivity index (χ3v) is 6.70. The van der Waals surface area contributed by atoms with Crippen molar-refractivity contribution in [2.45, 2.75) is 65.2 Å². The first-order chi connectivity index (χ1) is 16.6. The molecule has 0 bridgehead atoms. The average Bonchev–Trinajstić information content (AvgIpc) is 3.50. The Balaban J connectivity index is 0.000000354. The molecule has 0 unspecified atom stereocenters. The van der Waals surface area contributed by atoms with Gasteiger partial charge in [-0.2, -0.15) is 42.0 Å². The van der Waals surface area contributed by atoms with Crippen LogP contribution in [-0.4, -0.2) is 3.71 Å². The smallest absolute Gasteiger partial charge is 0.172 e. The maximum atomic E-state index is 3.67. The molecular formula is C34H38Cl2Zr-2. The van der Waals surface area contributed by atoms with Crippen LogP contribution in [0.3, 0.4) is 0 Å². The molecule has 0 amide bonds. The van der Waals surface area contributed by atoms with Gasteiger partial charge in [0.1, 0.15) is 0 Å². The molecule has 0 radical (unpaired) electrons. The van der Waals surface area contributed by atoms with Crippen LogP contribution in [0.4, 0.5) is 0 Å². The molecule has 0 saturated carbocycles. The fourth-order valence-electron chi connectivity index (χ4n) is 4.08. The van der Waals surface area contributed by atoms with Crippen molar-refractivity contribution < 1.29 is 49.0 Å². The Kier molecular flexibility index (Phi) is 13.6. The van der Waals surface area contributed by atoms with Crippen molar-refractivity contribution in [1.82, 2.24) is 0 Å². The second kappa shape index (κ2) is 15.1. The van der Waals surface area contributed by atoms with E-state index in [-0.39, 0.29) is 35.6 Å². The van der Waals surface area contributed by atoms with Crippen LogP contribution in [0.25, 0.3) is 11.1 Å². The maximum Gasteiger partial charge on any atom is -0.172 e. The van der Waals surface area contributed by atoms with E-state index in [9.17, 15) is 0 Å². The number of benzene rings is 3. The van der Waals surface area contributed by atoms with Gasteiger partial charge in [0, 0.05) is 0 Å². The van der Waals surface area contributed by atoms with E-state index in [1.807, 2.05) is 36.4 Å². The van der Waals surface area contributed by atoms with Crippen molar-refractivity contribution in [3.8, 4) is 11.1 Å². The van der Waals surface area contributed by atoms with Crippen molar-refractivity contribution in [3.63, 3.8) is 0 Å². The summed E-state index contributed by atoms with van der Waals surface area (Å²) in [5.74, 6) is 0. The van der Waals surface area contributed by atoms with Crippen LogP contribution in [-0.2, 0) is 47.9 Å². The molecule has 1 aliphatic rings. The van der Waals surface area contributed by atoms with E-state index < -0.39 is 0 Å². The Morgan fingerprint density at radius 1 is 0.784 bits per heavy atom. The van der Waals surface area contributed by atoms with Gasteiger partial charge in [0.05, 0.1) is 0 Å². The predicted octanol–water partition coefficient (Wildman–Crippen LogP) is 2.64. The van der Waals surface area contributed by atoms with Gasteiger partial charge in [-0.15, -0.1) is 11.1 Å². The third-order valence-electron chi connectivity index (χ3n) is 6.20. The summed E-state index contributed by atoms with van der Waals surface area (Å²) < 4.78 is 2.25. The van der Waals surface area contributed by atoms with Gasteiger partial charge in [-0.25, -0.2) is 12.1 Å². The van der Waals surface area contributed by atoms with Crippen LogP contribution >= 0.6 is 0 Å². The molecule has 0 heterocycles. The van der Waals surface area contributed by atoms with Crippen LogP contribution in [0.5, 0.6) is 0 Å². The molecule has 0 nitrogen and oxygen atoms in total. The van der Waals surface area contributed by atoms with E-state index in [0.717, 1.165) is 12.8 Å². The molecule has 0 aromatic heterocycles. The Morgan fingerprint density at radius 3 is 1.92 bits per heavy atom. The third kappa shape index (κ3) is 9.87. The Hall–Kier alpha value is -1.66. The fourth-order valence-corrected chi connectivity index (χ4v) is 4.66. The summed E-state index contributed by atoms with van der Waals surface area (Å²) in [5.41, 5.74) is 10.1. The van der Waals surface area contributed by atoms with Crippen molar-refractivity contribution in [3.05, 3.63) is 125 Å². The molecule has 0 spiro atoms. The first kappa shape index (κ1) is 33.4. The summed E-state index contributed by atoms with van der Waals surface area (Å²) in [4.78, 5) is 0. The molecular weight excluding hydrogens is 571 g/mol. The molecule has 0 N–H and O–H groups in total. The molecule has 0 aliphatic heterocycles. The number of hydrogen-bond donors (Lipinski definition) is 0. The molecule has 4 aromatic rings. The van der Waals surface area contributed by atoms with Crippen LogP contribution in [0.15, 0.2) is 91.0 Å². The summed E-state index contributed by atoms with van der Waals surface area (Å²) in [6, 6.07) is 35.7. The minimum Gasteiger partial charge on any atom is -0.214 e. The topological polar surface area (TPSA) is 0 Å². The van der Waals surface area contributed by atoms with Crippen molar-refractivity contribution >= 4 is 3.71 Å². The number of hydrogen-bond acceptors (Lipinski definition) is 0. The zero-order valence-electron chi connectivity index (χ0n) is 22.9.